The quantitative estimate of drug-likeness (QED) is 0.0462. The second-order valence-electron chi connectivity index (χ2n) is 13.0. The van der Waals surface area contributed by atoms with Crippen molar-refractivity contribution in [3.63, 3.8) is 0 Å². The Bertz CT molecular complexity index is 1290. The van der Waals surface area contributed by atoms with Crippen molar-refractivity contribution in [2.75, 3.05) is 13.1 Å². The average Bonchev–Trinajstić information content (AvgIpc) is 3.07. The zero-order valence-corrected chi connectivity index (χ0v) is 30.0. The lowest BCUT2D eigenvalue weighted by Crippen LogP contribution is -2.59. The molecular formula is C35H58N8O8. The van der Waals surface area contributed by atoms with Gasteiger partial charge in [0.2, 0.25) is 29.5 Å². The topological polar surface area (TPSA) is 281 Å². The van der Waals surface area contributed by atoms with Crippen molar-refractivity contribution in [1.29, 1.82) is 0 Å². The molecule has 1 rings (SSSR count). The Hall–Kier alpha value is -4.54. The number of unbranched alkanes of at least 4 members (excludes halogenated alkanes) is 2. The molecule has 51 heavy (non-hydrogen) atoms. The number of amides is 5. The number of carboxylic acid groups (broad SMARTS) is 1. The van der Waals surface area contributed by atoms with E-state index in [1.54, 1.807) is 12.1 Å². The van der Waals surface area contributed by atoms with E-state index in [1.165, 1.54) is 25.1 Å². The first-order valence-electron chi connectivity index (χ1n) is 17.4. The van der Waals surface area contributed by atoms with Gasteiger partial charge in [0.25, 0.3) is 0 Å². The second kappa shape index (κ2) is 23.8. The normalized spacial score (nSPS) is 14.6. The maximum Gasteiger partial charge on any atom is 0.326 e. The molecule has 1 aromatic rings. The van der Waals surface area contributed by atoms with Crippen LogP contribution in [0.15, 0.2) is 36.9 Å². The van der Waals surface area contributed by atoms with Gasteiger partial charge in [0, 0.05) is 6.42 Å². The number of carbonyl (C=O) groups is 6. The predicted octanol–water partition coefficient (Wildman–Crippen LogP) is -0.329. The Morgan fingerprint density at radius 2 is 1.12 bits per heavy atom. The van der Waals surface area contributed by atoms with Gasteiger partial charge >= 0.3 is 5.97 Å². The molecule has 286 valence electrons. The molecule has 16 nitrogen and oxygen atoms in total. The highest BCUT2D eigenvalue weighted by atomic mass is 16.4. The Kier molecular flexibility index (Phi) is 20.7. The van der Waals surface area contributed by atoms with Crippen molar-refractivity contribution < 1.29 is 39.0 Å². The van der Waals surface area contributed by atoms with E-state index in [4.69, 9.17) is 17.2 Å². The predicted molar refractivity (Wildman–Crippen MR) is 193 cm³/mol. The number of phenolic OH excluding ortho intramolecular Hbond substituents is 1. The molecule has 0 saturated carbocycles. The molecule has 0 bridgehead atoms. The molecule has 6 atom stereocenters. The van der Waals surface area contributed by atoms with Crippen molar-refractivity contribution in [3.05, 3.63) is 42.5 Å². The number of phenols is 1. The smallest absolute Gasteiger partial charge is 0.326 e. The summed E-state index contributed by atoms with van der Waals surface area (Å²) in [6.07, 6.45) is 4.03. The molecule has 0 saturated heterocycles. The first-order valence-corrected chi connectivity index (χ1v) is 17.4. The second-order valence-corrected chi connectivity index (χ2v) is 13.0. The fraction of sp³-hybridized carbons (Fsp3) is 0.600. The summed E-state index contributed by atoms with van der Waals surface area (Å²) in [7, 11) is 0. The summed E-state index contributed by atoms with van der Waals surface area (Å²) in [5.74, 6) is -4.65. The summed E-state index contributed by atoms with van der Waals surface area (Å²) in [4.78, 5) is 78.5. The number of carboxylic acids is 1. The van der Waals surface area contributed by atoms with Gasteiger partial charge in [0.15, 0.2) is 0 Å². The van der Waals surface area contributed by atoms with Gasteiger partial charge in [-0.15, -0.1) is 6.58 Å². The van der Waals surface area contributed by atoms with E-state index in [1.807, 2.05) is 13.8 Å². The van der Waals surface area contributed by atoms with Gasteiger partial charge in [0.05, 0.1) is 6.04 Å². The van der Waals surface area contributed by atoms with Crippen LogP contribution in [0.3, 0.4) is 0 Å². The summed E-state index contributed by atoms with van der Waals surface area (Å²) >= 11 is 0. The minimum absolute atomic E-state index is 0.00766. The number of benzene rings is 1. The van der Waals surface area contributed by atoms with Crippen LogP contribution < -0.4 is 43.8 Å². The summed E-state index contributed by atoms with van der Waals surface area (Å²) < 4.78 is 0. The molecule has 0 unspecified atom stereocenters. The third kappa shape index (κ3) is 17.3. The van der Waals surface area contributed by atoms with E-state index in [0.29, 0.717) is 44.3 Å². The molecule has 16 heteroatoms. The standard InChI is InChI=1S/C35H58N8O8/c1-5-10-25(31(46)42-28(20-23-13-15-24(44)16-14-23)34(49)43-29(35(50)51)19-21(2)3)40-33(48)27(12-7-9-18-37)41-32(47)26(11-6-8-17-36)39-30(45)22(4)38/h5,13-16,21-22,25-29,44H,1,6-12,17-20,36-38H2,2-4H3,(H,39,45)(H,40,48)(H,41,47)(H,42,46)(H,43,49)(H,50,51)/t22-,25+,26-,27-,28-,29-/m0/s1. The van der Waals surface area contributed by atoms with Crippen LogP contribution in [0.4, 0.5) is 0 Å². The Morgan fingerprint density at radius 3 is 1.57 bits per heavy atom. The van der Waals surface area contributed by atoms with E-state index in [2.05, 4.69) is 33.2 Å². The van der Waals surface area contributed by atoms with Crippen LogP contribution in [-0.4, -0.2) is 95.1 Å². The van der Waals surface area contributed by atoms with Gasteiger partial charge in [-0.05, 0) is 95.0 Å². The number of nitrogens with one attached hydrogen (secondary N) is 5. The van der Waals surface area contributed by atoms with Crippen molar-refractivity contribution >= 4 is 35.5 Å². The summed E-state index contributed by atoms with van der Waals surface area (Å²) in [5, 5.41) is 32.5. The highest BCUT2D eigenvalue weighted by Gasteiger charge is 2.32. The monoisotopic (exact) mass is 718 g/mol. The van der Waals surface area contributed by atoms with Crippen LogP contribution >= 0.6 is 0 Å². The van der Waals surface area contributed by atoms with Crippen LogP contribution in [0.2, 0.25) is 0 Å². The number of rotatable bonds is 25. The van der Waals surface area contributed by atoms with Crippen molar-refractivity contribution in [2.45, 2.75) is 115 Å². The molecular weight excluding hydrogens is 660 g/mol. The van der Waals surface area contributed by atoms with Crippen molar-refractivity contribution in [2.24, 2.45) is 23.1 Å². The molecule has 0 fully saturated rings. The molecule has 0 aliphatic rings. The molecule has 0 aromatic heterocycles. The van der Waals surface area contributed by atoms with Gasteiger partial charge in [0.1, 0.15) is 36.0 Å². The third-order valence-corrected chi connectivity index (χ3v) is 7.94. The molecule has 0 radical (unpaired) electrons. The number of aromatic hydroxyl groups is 1. The molecule has 13 N–H and O–H groups in total. The van der Waals surface area contributed by atoms with Crippen LogP contribution in [0.5, 0.6) is 5.75 Å². The first kappa shape index (κ1) is 44.5. The molecule has 1 aromatic carbocycles. The lowest BCUT2D eigenvalue weighted by atomic mass is 10.0. The highest BCUT2D eigenvalue weighted by molar-refractivity contribution is 5.96. The Morgan fingerprint density at radius 1 is 0.686 bits per heavy atom. The zero-order chi connectivity index (χ0) is 38.5. The van der Waals surface area contributed by atoms with Crippen molar-refractivity contribution in [1.82, 2.24) is 26.6 Å². The maximum absolute atomic E-state index is 13.7. The summed E-state index contributed by atoms with van der Waals surface area (Å²) in [5.41, 5.74) is 17.5. The highest BCUT2D eigenvalue weighted by Crippen LogP contribution is 2.13. The Labute approximate surface area is 300 Å². The zero-order valence-electron chi connectivity index (χ0n) is 30.0. The van der Waals surface area contributed by atoms with E-state index >= 15 is 0 Å². The summed E-state index contributed by atoms with van der Waals surface area (Å²) in [6, 6.07) is -0.744. The van der Waals surface area contributed by atoms with Crippen LogP contribution in [-0.2, 0) is 35.2 Å². The SMILES string of the molecule is C=CC[C@@H](NC(=O)[C@H](CCCCN)NC(=O)[C@H](CCCCN)NC(=O)[C@H](C)N)C(=O)N[C@@H](Cc1ccc(O)cc1)C(=O)N[C@@H](CC(C)C)C(=O)O. The van der Waals surface area contributed by atoms with Crippen LogP contribution in [0.1, 0.15) is 77.7 Å². The van der Waals surface area contributed by atoms with E-state index in [9.17, 15) is 39.0 Å². The summed E-state index contributed by atoms with van der Waals surface area (Å²) in [6.45, 7) is 9.52. The van der Waals surface area contributed by atoms with Gasteiger partial charge in [-0.2, -0.15) is 0 Å². The molecule has 0 spiro atoms. The average molecular weight is 719 g/mol. The number of carbonyl (C=O) groups excluding carboxylic acids is 5. The van der Waals surface area contributed by atoms with E-state index in [-0.39, 0.29) is 43.8 Å². The van der Waals surface area contributed by atoms with Gasteiger partial charge in [-0.3, -0.25) is 24.0 Å². The molecule has 0 heterocycles. The third-order valence-electron chi connectivity index (χ3n) is 7.94. The van der Waals surface area contributed by atoms with Gasteiger partial charge in [-0.1, -0.05) is 32.1 Å². The number of hydrogen-bond donors (Lipinski definition) is 10. The fourth-order valence-corrected chi connectivity index (χ4v) is 5.08. The number of aliphatic carboxylic acids is 1. The minimum atomic E-state index is -1.26. The lowest BCUT2D eigenvalue weighted by molar-refractivity contribution is -0.142. The lowest BCUT2D eigenvalue weighted by Gasteiger charge is -2.27. The van der Waals surface area contributed by atoms with Crippen LogP contribution in [0.25, 0.3) is 0 Å². The minimum Gasteiger partial charge on any atom is -0.508 e. The fourth-order valence-electron chi connectivity index (χ4n) is 5.08. The molecule has 5 amide bonds. The molecule has 0 aliphatic carbocycles. The van der Waals surface area contributed by atoms with E-state index < -0.39 is 71.8 Å². The number of nitrogens with two attached hydrogens (primary N) is 3. The van der Waals surface area contributed by atoms with Crippen LogP contribution in [0, 0.1) is 5.92 Å². The first-order chi connectivity index (χ1) is 24.1. The number of hydrogen-bond acceptors (Lipinski definition) is 10. The largest absolute Gasteiger partial charge is 0.508 e. The van der Waals surface area contributed by atoms with Gasteiger partial charge in [-0.25, -0.2) is 4.79 Å². The van der Waals surface area contributed by atoms with Crippen molar-refractivity contribution in [3.8, 4) is 5.75 Å². The molecule has 0 aliphatic heterocycles. The van der Waals surface area contributed by atoms with Gasteiger partial charge < -0.3 is 54.0 Å². The van der Waals surface area contributed by atoms with E-state index in [0.717, 1.165) is 0 Å². The Balaban J connectivity index is 3.29. The maximum atomic E-state index is 13.7.